The first-order valence-corrected chi connectivity index (χ1v) is 10.3. The van der Waals surface area contributed by atoms with Crippen LogP contribution in [0.1, 0.15) is 47.1 Å². The van der Waals surface area contributed by atoms with Crippen LogP contribution in [-0.4, -0.2) is 36.9 Å². The van der Waals surface area contributed by atoms with Gasteiger partial charge < -0.3 is 5.32 Å². The fourth-order valence-electron chi connectivity index (χ4n) is 2.67. The summed E-state index contributed by atoms with van der Waals surface area (Å²) in [6.45, 7) is 5.41. The molecule has 1 aliphatic heterocycles. The van der Waals surface area contributed by atoms with Crippen LogP contribution in [0.4, 0.5) is 11.4 Å². The van der Waals surface area contributed by atoms with Crippen molar-refractivity contribution in [3.8, 4) is 0 Å². The lowest BCUT2D eigenvalue weighted by Gasteiger charge is -2.20. The minimum absolute atomic E-state index is 0.292. The quantitative estimate of drug-likeness (QED) is 0.751. The van der Waals surface area contributed by atoms with Gasteiger partial charge in [0.2, 0.25) is 10.0 Å². The number of nitrogens with zero attached hydrogens (tertiary/aromatic N) is 1. The fourth-order valence-corrected chi connectivity index (χ4v) is 3.43. The summed E-state index contributed by atoms with van der Waals surface area (Å²) in [5, 5.41) is 3.21. The molecule has 0 fully saturated rings. The summed E-state index contributed by atoms with van der Waals surface area (Å²) in [6.07, 6.45) is 0. The molecule has 0 bridgehead atoms. The number of hydrogen-bond acceptors (Lipinski definition) is 5. The maximum absolute atomic E-state index is 12.2. The molecule has 1 aliphatic rings. The second kappa shape index (κ2) is 6.94. The van der Waals surface area contributed by atoms with Crippen LogP contribution in [0.3, 0.4) is 0 Å². The summed E-state index contributed by atoms with van der Waals surface area (Å²) in [7, 11) is -2.00. The van der Waals surface area contributed by atoms with Crippen LogP contribution >= 0.6 is 0 Å². The lowest BCUT2D eigenvalue weighted by molar-refractivity contribution is 0.0693. The molecule has 2 aromatic rings. The van der Waals surface area contributed by atoms with E-state index in [1.807, 2.05) is 12.1 Å². The van der Waals surface area contributed by atoms with E-state index < -0.39 is 14.8 Å². The summed E-state index contributed by atoms with van der Waals surface area (Å²) < 4.78 is 26.1. The van der Waals surface area contributed by atoms with E-state index in [4.69, 9.17) is 0 Å². The number of imide groups is 1. The monoisotopic (exact) mass is 401 g/mol. The topological polar surface area (TPSA) is 95.6 Å². The fraction of sp³-hybridized carbons (Fsp3) is 0.300. The predicted octanol–water partition coefficient (Wildman–Crippen LogP) is 3.06. The highest BCUT2D eigenvalue weighted by molar-refractivity contribution is 7.94. The van der Waals surface area contributed by atoms with Crippen molar-refractivity contribution < 1.29 is 18.0 Å². The number of amides is 2. The maximum atomic E-state index is 12.2. The van der Waals surface area contributed by atoms with E-state index in [9.17, 15) is 18.0 Å². The van der Waals surface area contributed by atoms with Gasteiger partial charge in [-0.25, -0.2) is 8.42 Å². The first-order valence-electron chi connectivity index (χ1n) is 8.81. The van der Waals surface area contributed by atoms with Crippen LogP contribution in [-0.2, 0) is 16.6 Å². The second-order valence-corrected chi connectivity index (χ2v) is 10.1. The first kappa shape index (κ1) is 19.9. The number of carbonyl (C=O) groups is 2. The molecule has 0 spiro atoms. The van der Waals surface area contributed by atoms with Gasteiger partial charge in [-0.15, -0.1) is 0 Å². The van der Waals surface area contributed by atoms with Crippen LogP contribution in [0.15, 0.2) is 42.5 Å². The molecule has 7 nitrogen and oxygen atoms in total. The molecule has 0 unspecified atom stereocenters. The van der Waals surface area contributed by atoms with Gasteiger partial charge in [0, 0.05) is 25.0 Å². The Hall–Kier alpha value is -2.87. The Morgan fingerprint density at radius 1 is 0.893 bits per heavy atom. The van der Waals surface area contributed by atoms with Crippen molar-refractivity contribution in [2.75, 3.05) is 17.1 Å². The molecule has 0 aromatic heterocycles. The number of rotatable bonds is 5. The SMILES string of the molecule is CN1C(=O)c2ccc(NCc3ccc(NS(=O)(=O)C(C)(C)C)cc3)cc2C1=O. The smallest absolute Gasteiger partial charge is 0.261 e. The highest BCUT2D eigenvalue weighted by Gasteiger charge is 2.32. The largest absolute Gasteiger partial charge is 0.381 e. The van der Waals surface area contributed by atoms with E-state index in [0.29, 0.717) is 23.4 Å². The van der Waals surface area contributed by atoms with Crippen LogP contribution < -0.4 is 10.0 Å². The summed E-state index contributed by atoms with van der Waals surface area (Å²) >= 11 is 0. The van der Waals surface area contributed by atoms with Crippen molar-refractivity contribution >= 4 is 33.2 Å². The average molecular weight is 401 g/mol. The van der Waals surface area contributed by atoms with Crippen LogP contribution in [0, 0.1) is 0 Å². The highest BCUT2D eigenvalue weighted by Crippen LogP contribution is 2.25. The number of hydrogen-bond donors (Lipinski definition) is 2. The standard InChI is InChI=1S/C20H23N3O4S/c1-20(2,3)28(26,27)22-14-7-5-13(6-8-14)12-21-15-9-10-16-17(11-15)19(25)23(4)18(16)24/h5-11,21-22H,12H2,1-4H3. The molecule has 28 heavy (non-hydrogen) atoms. The van der Waals surface area contributed by atoms with E-state index in [-0.39, 0.29) is 11.8 Å². The van der Waals surface area contributed by atoms with Gasteiger partial charge in [-0.2, -0.15) is 0 Å². The number of nitrogens with one attached hydrogen (secondary N) is 2. The zero-order valence-corrected chi connectivity index (χ0v) is 17.1. The van der Waals surface area contributed by atoms with E-state index in [0.717, 1.165) is 16.2 Å². The Morgan fingerprint density at radius 2 is 1.46 bits per heavy atom. The Balaban J connectivity index is 1.67. The molecule has 0 saturated heterocycles. The van der Waals surface area contributed by atoms with Crippen LogP contribution in [0.25, 0.3) is 0 Å². The number of fused-ring (bicyclic) bond motifs is 1. The van der Waals surface area contributed by atoms with Crippen molar-refractivity contribution in [2.24, 2.45) is 0 Å². The molecule has 2 amide bonds. The van der Waals surface area contributed by atoms with Crippen LogP contribution in [0.5, 0.6) is 0 Å². The Labute approximate surface area is 164 Å². The van der Waals surface area contributed by atoms with Gasteiger partial charge in [0.05, 0.1) is 15.9 Å². The van der Waals surface area contributed by atoms with Crippen molar-refractivity contribution in [3.63, 3.8) is 0 Å². The maximum Gasteiger partial charge on any atom is 0.261 e. The number of carbonyl (C=O) groups excluding carboxylic acids is 2. The molecule has 1 heterocycles. The normalized spacial score (nSPS) is 14.2. The molecule has 0 radical (unpaired) electrons. The van der Waals surface area contributed by atoms with Crippen molar-refractivity contribution in [3.05, 3.63) is 59.2 Å². The van der Waals surface area contributed by atoms with Crippen molar-refractivity contribution in [1.82, 2.24) is 4.90 Å². The van der Waals surface area contributed by atoms with E-state index in [2.05, 4.69) is 10.0 Å². The zero-order chi connectivity index (χ0) is 20.7. The number of sulfonamides is 1. The summed E-state index contributed by atoms with van der Waals surface area (Å²) in [6, 6.07) is 12.1. The van der Waals surface area contributed by atoms with Gasteiger partial charge in [-0.1, -0.05) is 12.1 Å². The van der Waals surface area contributed by atoms with E-state index in [1.165, 1.54) is 7.05 Å². The number of benzene rings is 2. The minimum atomic E-state index is -3.47. The van der Waals surface area contributed by atoms with Gasteiger partial charge in [0.25, 0.3) is 11.8 Å². The molecular formula is C20H23N3O4S. The third-order valence-corrected chi connectivity index (χ3v) is 6.72. The minimum Gasteiger partial charge on any atom is -0.381 e. The van der Waals surface area contributed by atoms with Crippen molar-refractivity contribution in [2.45, 2.75) is 32.1 Å². The molecule has 148 valence electrons. The van der Waals surface area contributed by atoms with E-state index >= 15 is 0 Å². The second-order valence-electron chi connectivity index (χ2n) is 7.70. The van der Waals surface area contributed by atoms with Gasteiger partial charge in [-0.05, 0) is 56.7 Å². The molecule has 0 atom stereocenters. The van der Waals surface area contributed by atoms with Gasteiger partial charge in [0.1, 0.15) is 0 Å². The Kier molecular flexibility index (Phi) is 4.93. The third kappa shape index (κ3) is 3.73. The summed E-state index contributed by atoms with van der Waals surface area (Å²) in [5.41, 5.74) is 2.98. The van der Waals surface area contributed by atoms with E-state index in [1.54, 1.807) is 51.1 Å². The summed E-state index contributed by atoms with van der Waals surface area (Å²) in [5.74, 6) is -0.598. The Morgan fingerprint density at radius 3 is 2.07 bits per heavy atom. The molecule has 2 aromatic carbocycles. The average Bonchev–Trinajstić information content (AvgIpc) is 2.84. The number of anilines is 2. The first-order chi connectivity index (χ1) is 13.0. The predicted molar refractivity (Wildman–Crippen MR) is 109 cm³/mol. The Bertz CT molecular complexity index is 1040. The van der Waals surface area contributed by atoms with Crippen LogP contribution in [0.2, 0.25) is 0 Å². The van der Waals surface area contributed by atoms with Crippen molar-refractivity contribution in [1.29, 1.82) is 0 Å². The molecule has 0 aliphatic carbocycles. The zero-order valence-electron chi connectivity index (χ0n) is 16.2. The molecule has 8 heteroatoms. The highest BCUT2D eigenvalue weighted by atomic mass is 32.2. The molecule has 2 N–H and O–H groups in total. The third-order valence-electron chi connectivity index (χ3n) is 4.60. The van der Waals surface area contributed by atoms with Gasteiger partial charge in [0.15, 0.2) is 0 Å². The lowest BCUT2D eigenvalue weighted by atomic mass is 10.1. The molecule has 0 saturated carbocycles. The summed E-state index contributed by atoms with van der Waals surface area (Å²) in [4.78, 5) is 25.1. The van der Waals surface area contributed by atoms with Gasteiger partial charge in [-0.3, -0.25) is 19.2 Å². The molecule has 3 rings (SSSR count). The lowest BCUT2D eigenvalue weighted by Crippen LogP contribution is -2.33. The van der Waals surface area contributed by atoms with Gasteiger partial charge >= 0.3 is 0 Å². The molecular weight excluding hydrogens is 378 g/mol.